The highest BCUT2D eigenvalue weighted by Gasteiger charge is 2.35. The SMILES string of the molecule is Cc1cccc(NC(=O)[C@H]2CC(=O)N(c3cccc(C)c3C)C2)c1. The molecule has 0 radical (unpaired) electrons. The van der Waals surface area contributed by atoms with Crippen molar-refractivity contribution in [3.8, 4) is 0 Å². The van der Waals surface area contributed by atoms with Gasteiger partial charge in [0.2, 0.25) is 11.8 Å². The molecule has 24 heavy (non-hydrogen) atoms. The second-order valence-corrected chi connectivity index (χ2v) is 6.48. The quantitative estimate of drug-likeness (QED) is 0.938. The zero-order chi connectivity index (χ0) is 17.3. The van der Waals surface area contributed by atoms with Gasteiger partial charge in [-0.15, -0.1) is 0 Å². The Hall–Kier alpha value is -2.62. The summed E-state index contributed by atoms with van der Waals surface area (Å²) in [5, 5.41) is 2.93. The first-order valence-corrected chi connectivity index (χ1v) is 8.20. The van der Waals surface area contributed by atoms with Crippen molar-refractivity contribution in [1.82, 2.24) is 0 Å². The lowest BCUT2D eigenvalue weighted by Gasteiger charge is -2.20. The third-order valence-electron chi connectivity index (χ3n) is 4.65. The molecular formula is C20H22N2O2. The first-order chi connectivity index (χ1) is 11.5. The van der Waals surface area contributed by atoms with E-state index in [9.17, 15) is 9.59 Å². The predicted octanol–water partition coefficient (Wildman–Crippen LogP) is 3.60. The number of nitrogens with zero attached hydrogens (tertiary/aromatic N) is 1. The average molecular weight is 322 g/mol. The summed E-state index contributed by atoms with van der Waals surface area (Å²) in [6.45, 7) is 6.46. The highest BCUT2D eigenvalue weighted by Crippen LogP contribution is 2.30. The molecule has 1 aliphatic rings. The van der Waals surface area contributed by atoms with E-state index >= 15 is 0 Å². The van der Waals surface area contributed by atoms with Crippen LogP contribution >= 0.6 is 0 Å². The molecule has 1 atom stereocenters. The van der Waals surface area contributed by atoms with Crippen LogP contribution in [0.4, 0.5) is 11.4 Å². The van der Waals surface area contributed by atoms with Gasteiger partial charge < -0.3 is 10.2 Å². The number of nitrogens with one attached hydrogen (secondary N) is 1. The Kier molecular flexibility index (Phi) is 4.38. The molecule has 4 heteroatoms. The topological polar surface area (TPSA) is 49.4 Å². The largest absolute Gasteiger partial charge is 0.326 e. The number of aryl methyl sites for hydroxylation is 2. The van der Waals surface area contributed by atoms with E-state index in [1.807, 2.05) is 63.2 Å². The lowest BCUT2D eigenvalue weighted by Crippen LogP contribution is -2.28. The smallest absolute Gasteiger partial charge is 0.229 e. The maximum atomic E-state index is 12.5. The van der Waals surface area contributed by atoms with Crippen LogP contribution in [0, 0.1) is 26.7 Å². The lowest BCUT2D eigenvalue weighted by molar-refractivity contribution is -0.122. The van der Waals surface area contributed by atoms with E-state index in [0.29, 0.717) is 6.54 Å². The van der Waals surface area contributed by atoms with Gasteiger partial charge in [-0.2, -0.15) is 0 Å². The summed E-state index contributed by atoms with van der Waals surface area (Å²) in [5.74, 6) is -0.409. The fourth-order valence-electron chi connectivity index (χ4n) is 3.11. The zero-order valence-corrected chi connectivity index (χ0v) is 14.3. The van der Waals surface area contributed by atoms with E-state index in [1.165, 1.54) is 0 Å². The molecule has 124 valence electrons. The Balaban J connectivity index is 1.74. The van der Waals surface area contributed by atoms with Gasteiger partial charge in [-0.3, -0.25) is 9.59 Å². The van der Waals surface area contributed by atoms with Crippen LogP contribution in [0.2, 0.25) is 0 Å². The zero-order valence-electron chi connectivity index (χ0n) is 14.3. The fraction of sp³-hybridized carbons (Fsp3) is 0.300. The summed E-state index contributed by atoms with van der Waals surface area (Å²) in [5.41, 5.74) is 5.01. The molecule has 2 aromatic rings. The number of amides is 2. The molecule has 0 spiro atoms. The third kappa shape index (κ3) is 3.18. The minimum Gasteiger partial charge on any atom is -0.326 e. The molecule has 1 saturated heterocycles. The van der Waals surface area contributed by atoms with Gasteiger partial charge in [0.1, 0.15) is 0 Å². The Labute approximate surface area is 142 Å². The number of anilines is 2. The van der Waals surface area contributed by atoms with Crippen molar-refractivity contribution in [2.45, 2.75) is 27.2 Å². The molecule has 0 unspecified atom stereocenters. The molecular weight excluding hydrogens is 300 g/mol. The first kappa shape index (κ1) is 16.2. The number of hydrogen-bond donors (Lipinski definition) is 1. The Morgan fingerprint density at radius 1 is 1.12 bits per heavy atom. The number of hydrogen-bond acceptors (Lipinski definition) is 2. The van der Waals surface area contributed by atoms with Crippen molar-refractivity contribution in [3.63, 3.8) is 0 Å². The second kappa shape index (κ2) is 6.48. The van der Waals surface area contributed by atoms with Crippen molar-refractivity contribution in [3.05, 3.63) is 59.2 Å². The van der Waals surface area contributed by atoms with Gasteiger partial charge in [-0.25, -0.2) is 0 Å². The number of carbonyl (C=O) groups is 2. The predicted molar refractivity (Wildman–Crippen MR) is 96.2 cm³/mol. The van der Waals surface area contributed by atoms with Crippen LogP contribution < -0.4 is 10.2 Å². The minimum absolute atomic E-state index is 0.00749. The van der Waals surface area contributed by atoms with Crippen LogP contribution in [0.3, 0.4) is 0 Å². The Bertz CT molecular complexity index is 798. The molecule has 1 heterocycles. The van der Waals surface area contributed by atoms with Crippen molar-refractivity contribution in [2.75, 3.05) is 16.8 Å². The Morgan fingerprint density at radius 2 is 1.88 bits per heavy atom. The summed E-state index contributed by atoms with van der Waals surface area (Å²) in [7, 11) is 0. The van der Waals surface area contributed by atoms with Crippen molar-refractivity contribution < 1.29 is 9.59 Å². The van der Waals surface area contributed by atoms with E-state index < -0.39 is 0 Å². The van der Waals surface area contributed by atoms with Crippen molar-refractivity contribution in [2.24, 2.45) is 5.92 Å². The average Bonchev–Trinajstić information content (AvgIpc) is 2.92. The van der Waals surface area contributed by atoms with Crippen molar-refractivity contribution >= 4 is 23.2 Å². The van der Waals surface area contributed by atoms with Crippen LogP contribution in [0.15, 0.2) is 42.5 Å². The van der Waals surface area contributed by atoms with Crippen LogP contribution in [-0.4, -0.2) is 18.4 Å². The van der Waals surface area contributed by atoms with Gasteiger partial charge in [0.25, 0.3) is 0 Å². The van der Waals surface area contributed by atoms with E-state index in [4.69, 9.17) is 0 Å². The molecule has 0 bridgehead atoms. The maximum absolute atomic E-state index is 12.5. The third-order valence-corrected chi connectivity index (χ3v) is 4.65. The molecule has 1 N–H and O–H groups in total. The lowest BCUT2D eigenvalue weighted by atomic mass is 10.1. The molecule has 1 fully saturated rings. The summed E-state index contributed by atoms with van der Waals surface area (Å²) in [6.07, 6.45) is 0.255. The maximum Gasteiger partial charge on any atom is 0.229 e. The fourth-order valence-corrected chi connectivity index (χ4v) is 3.11. The first-order valence-electron chi connectivity index (χ1n) is 8.20. The van der Waals surface area contributed by atoms with Gasteiger partial charge in [-0.1, -0.05) is 24.3 Å². The normalized spacial score (nSPS) is 17.2. The second-order valence-electron chi connectivity index (χ2n) is 6.48. The molecule has 3 rings (SSSR count). The van der Waals surface area contributed by atoms with E-state index in [-0.39, 0.29) is 24.2 Å². The highest BCUT2D eigenvalue weighted by molar-refractivity contribution is 6.03. The molecule has 0 aliphatic carbocycles. The molecule has 4 nitrogen and oxygen atoms in total. The summed E-state index contributed by atoms with van der Waals surface area (Å²) < 4.78 is 0. The van der Waals surface area contributed by atoms with E-state index in [0.717, 1.165) is 28.1 Å². The summed E-state index contributed by atoms with van der Waals surface area (Å²) in [4.78, 5) is 26.7. The van der Waals surface area contributed by atoms with E-state index in [2.05, 4.69) is 5.32 Å². The van der Waals surface area contributed by atoms with Crippen LogP contribution in [0.25, 0.3) is 0 Å². The standard InChI is InChI=1S/C20H22N2O2/c1-13-6-4-8-17(10-13)21-20(24)16-11-19(23)22(12-16)18-9-5-7-14(2)15(18)3/h4-10,16H,11-12H2,1-3H3,(H,21,24)/t16-/m0/s1. The molecule has 0 aromatic heterocycles. The minimum atomic E-state index is -0.321. The van der Waals surface area contributed by atoms with Gasteiger partial charge in [0.05, 0.1) is 5.92 Å². The summed E-state index contributed by atoms with van der Waals surface area (Å²) >= 11 is 0. The van der Waals surface area contributed by atoms with Crippen LogP contribution in [0.1, 0.15) is 23.1 Å². The number of benzene rings is 2. The van der Waals surface area contributed by atoms with Gasteiger partial charge >= 0.3 is 0 Å². The van der Waals surface area contributed by atoms with Gasteiger partial charge in [0.15, 0.2) is 0 Å². The van der Waals surface area contributed by atoms with Crippen molar-refractivity contribution in [1.29, 1.82) is 0 Å². The van der Waals surface area contributed by atoms with Crippen LogP contribution in [0.5, 0.6) is 0 Å². The van der Waals surface area contributed by atoms with E-state index in [1.54, 1.807) is 4.90 Å². The molecule has 2 aromatic carbocycles. The van der Waals surface area contributed by atoms with Gasteiger partial charge in [0, 0.05) is 24.3 Å². The number of rotatable bonds is 3. The van der Waals surface area contributed by atoms with Gasteiger partial charge in [-0.05, 0) is 55.7 Å². The monoisotopic (exact) mass is 322 g/mol. The molecule has 0 saturated carbocycles. The number of carbonyl (C=O) groups excluding carboxylic acids is 2. The highest BCUT2D eigenvalue weighted by atomic mass is 16.2. The summed E-state index contributed by atoms with van der Waals surface area (Å²) in [6, 6.07) is 13.6. The van der Waals surface area contributed by atoms with Crippen LogP contribution in [-0.2, 0) is 9.59 Å². The molecule has 1 aliphatic heterocycles. The molecule has 2 amide bonds. The Morgan fingerprint density at radius 3 is 2.62 bits per heavy atom.